The second kappa shape index (κ2) is 5.06. The molecule has 2 heteroatoms. The Morgan fingerprint density at radius 3 is 2.40 bits per heavy atom. The van der Waals surface area contributed by atoms with E-state index in [0.29, 0.717) is 0 Å². The lowest BCUT2D eigenvalue weighted by atomic mass is 9.92. The van der Waals surface area contributed by atoms with Crippen molar-refractivity contribution >= 4 is 10.9 Å². The molecule has 100 valence electrons. The fraction of sp³-hybridized carbons (Fsp3) is 0.167. The van der Waals surface area contributed by atoms with Crippen LogP contribution in [0.2, 0.25) is 0 Å². The zero-order valence-corrected chi connectivity index (χ0v) is 11.8. The molecule has 2 N–H and O–H groups in total. The maximum atomic E-state index is 6.47. The minimum atomic E-state index is -0.131. The number of nitrogens with zero attached hydrogens (tertiary/aromatic N) is 1. The zero-order chi connectivity index (χ0) is 14.1. The van der Waals surface area contributed by atoms with Gasteiger partial charge in [-0.25, -0.2) is 0 Å². The predicted molar refractivity (Wildman–Crippen MR) is 83.7 cm³/mol. The summed E-state index contributed by atoms with van der Waals surface area (Å²) in [6, 6.07) is 16.4. The highest BCUT2D eigenvalue weighted by molar-refractivity contribution is 5.79. The summed E-state index contributed by atoms with van der Waals surface area (Å²) in [6.07, 6.45) is 1.89. The molecule has 0 aliphatic rings. The van der Waals surface area contributed by atoms with Gasteiger partial charge < -0.3 is 5.73 Å². The molecule has 0 amide bonds. The molecular weight excluding hydrogens is 244 g/mol. The van der Waals surface area contributed by atoms with E-state index in [4.69, 9.17) is 5.73 Å². The van der Waals surface area contributed by atoms with Crippen molar-refractivity contribution in [2.45, 2.75) is 19.9 Å². The first-order valence-corrected chi connectivity index (χ1v) is 6.83. The van der Waals surface area contributed by atoms with Crippen LogP contribution in [0.1, 0.15) is 28.3 Å². The first kappa shape index (κ1) is 12.8. The average Bonchev–Trinajstić information content (AvgIpc) is 2.46. The molecule has 0 aliphatic carbocycles. The van der Waals surface area contributed by atoms with Crippen LogP contribution in [-0.2, 0) is 0 Å². The fourth-order valence-corrected chi connectivity index (χ4v) is 2.74. The van der Waals surface area contributed by atoms with Gasteiger partial charge in [-0.05, 0) is 48.2 Å². The van der Waals surface area contributed by atoms with Gasteiger partial charge in [-0.15, -0.1) is 0 Å². The lowest BCUT2D eigenvalue weighted by molar-refractivity contribution is 0.847. The molecule has 0 saturated carbocycles. The summed E-state index contributed by atoms with van der Waals surface area (Å²) < 4.78 is 0. The van der Waals surface area contributed by atoms with Gasteiger partial charge in [0.1, 0.15) is 0 Å². The van der Waals surface area contributed by atoms with Crippen molar-refractivity contribution in [1.82, 2.24) is 4.98 Å². The van der Waals surface area contributed by atoms with Crippen molar-refractivity contribution in [3.8, 4) is 0 Å². The number of hydrogen-bond acceptors (Lipinski definition) is 2. The first-order chi connectivity index (χ1) is 9.66. The minimum absolute atomic E-state index is 0.131. The van der Waals surface area contributed by atoms with Gasteiger partial charge in [-0.2, -0.15) is 0 Å². The number of hydrogen-bond donors (Lipinski definition) is 1. The van der Waals surface area contributed by atoms with Gasteiger partial charge in [0.05, 0.1) is 11.6 Å². The SMILES string of the molecule is Cc1cccc(C)c1C(N)c1cnc2ccccc2c1. The van der Waals surface area contributed by atoms with E-state index in [-0.39, 0.29) is 6.04 Å². The average molecular weight is 262 g/mol. The topological polar surface area (TPSA) is 38.9 Å². The maximum absolute atomic E-state index is 6.47. The van der Waals surface area contributed by atoms with Crippen LogP contribution in [0.5, 0.6) is 0 Å². The van der Waals surface area contributed by atoms with Crippen LogP contribution in [0.25, 0.3) is 10.9 Å². The van der Waals surface area contributed by atoms with Crippen molar-refractivity contribution < 1.29 is 0 Å². The highest BCUT2D eigenvalue weighted by Gasteiger charge is 2.14. The Bertz CT molecular complexity index is 742. The van der Waals surface area contributed by atoms with Crippen molar-refractivity contribution in [2.75, 3.05) is 0 Å². The second-order valence-electron chi connectivity index (χ2n) is 5.24. The van der Waals surface area contributed by atoms with Crippen LogP contribution in [-0.4, -0.2) is 4.98 Å². The summed E-state index contributed by atoms with van der Waals surface area (Å²) in [7, 11) is 0. The van der Waals surface area contributed by atoms with Crippen LogP contribution < -0.4 is 5.73 Å². The van der Waals surface area contributed by atoms with Crippen LogP contribution in [0.3, 0.4) is 0 Å². The molecule has 0 saturated heterocycles. The Morgan fingerprint density at radius 2 is 1.65 bits per heavy atom. The van der Waals surface area contributed by atoms with Crippen molar-refractivity contribution in [3.63, 3.8) is 0 Å². The van der Waals surface area contributed by atoms with E-state index in [2.05, 4.69) is 49.2 Å². The van der Waals surface area contributed by atoms with Gasteiger partial charge in [0.2, 0.25) is 0 Å². The number of nitrogens with two attached hydrogens (primary N) is 1. The Hall–Kier alpha value is -2.19. The number of para-hydroxylation sites is 1. The van der Waals surface area contributed by atoms with Gasteiger partial charge >= 0.3 is 0 Å². The molecule has 0 bridgehead atoms. The summed E-state index contributed by atoms with van der Waals surface area (Å²) >= 11 is 0. The third-order valence-electron chi connectivity index (χ3n) is 3.82. The van der Waals surface area contributed by atoms with Crippen molar-refractivity contribution in [3.05, 3.63) is 77.0 Å². The van der Waals surface area contributed by atoms with E-state index in [9.17, 15) is 0 Å². The number of rotatable bonds is 2. The number of aromatic nitrogens is 1. The molecule has 3 rings (SSSR count). The van der Waals surface area contributed by atoms with E-state index in [0.717, 1.165) is 16.5 Å². The smallest absolute Gasteiger partial charge is 0.0702 e. The van der Waals surface area contributed by atoms with Gasteiger partial charge in [-0.1, -0.05) is 36.4 Å². The molecule has 2 nitrogen and oxygen atoms in total. The minimum Gasteiger partial charge on any atom is -0.320 e. The predicted octanol–water partition coefficient (Wildman–Crippen LogP) is 3.90. The number of aryl methyl sites for hydroxylation is 2. The first-order valence-electron chi connectivity index (χ1n) is 6.83. The summed E-state index contributed by atoms with van der Waals surface area (Å²) in [5.41, 5.74) is 12.2. The van der Waals surface area contributed by atoms with Crippen LogP contribution >= 0.6 is 0 Å². The Labute approximate surface area is 119 Å². The highest BCUT2D eigenvalue weighted by atomic mass is 14.7. The van der Waals surface area contributed by atoms with E-state index in [1.54, 1.807) is 0 Å². The summed E-state index contributed by atoms with van der Waals surface area (Å²) in [6.45, 7) is 4.22. The molecule has 1 heterocycles. The van der Waals surface area contributed by atoms with E-state index in [1.165, 1.54) is 16.7 Å². The number of pyridine rings is 1. The van der Waals surface area contributed by atoms with Crippen LogP contribution in [0.15, 0.2) is 54.7 Å². The van der Waals surface area contributed by atoms with Gasteiger partial charge in [0, 0.05) is 11.6 Å². The lowest BCUT2D eigenvalue weighted by Gasteiger charge is -2.18. The summed E-state index contributed by atoms with van der Waals surface area (Å²) in [5.74, 6) is 0. The Kier molecular flexibility index (Phi) is 3.25. The third kappa shape index (κ3) is 2.19. The molecule has 3 aromatic rings. The van der Waals surface area contributed by atoms with Gasteiger partial charge in [0.25, 0.3) is 0 Å². The standard InChI is InChI=1S/C18H18N2/c1-12-6-5-7-13(2)17(12)18(19)15-10-14-8-3-4-9-16(14)20-11-15/h3-11,18H,19H2,1-2H3. The normalized spacial score (nSPS) is 12.6. The lowest BCUT2D eigenvalue weighted by Crippen LogP contribution is -2.15. The maximum Gasteiger partial charge on any atom is 0.0702 e. The largest absolute Gasteiger partial charge is 0.320 e. The fourth-order valence-electron chi connectivity index (χ4n) is 2.74. The quantitative estimate of drug-likeness (QED) is 0.760. The van der Waals surface area contributed by atoms with Crippen LogP contribution in [0, 0.1) is 13.8 Å². The molecule has 2 aromatic carbocycles. The van der Waals surface area contributed by atoms with Gasteiger partial charge in [0.15, 0.2) is 0 Å². The van der Waals surface area contributed by atoms with Crippen molar-refractivity contribution in [2.24, 2.45) is 5.73 Å². The van der Waals surface area contributed by atoms with E-state index < -0.39 is 0 Å². The van der Waals surface area contributed by atoms with E-state index >= 15 is 0 Å². The van der Waals surface area contributed by atoms with E-state index in [1.807, 2.05) is 24.4 Å². The van der Waals surface area contributed by atoms with Crippen LogP contribution in [0.4, 0.5) is 0 Å². The van der Waals surface area contributed by atoms with Gasteiger partial charge in [-0.3, -0.25) is 4.98 Å². The Balaban J connectivity index is 2.10. The molecule has 1 unspecified atom stereocenters. The molecule has 0 fully saturated rings. The molecular formula is C18H18N2. The second-order valence-corrected chi connectivity index (χ2v) is 5.24. The molecule has 0 radical (unpaired) electrons. The zero-order valence-electron chi connectivity index (χ0n) is 11.8. The summed E-state index contributed by atoms with van der Waals surface area (Å²) in [4.78, 5) is 4.51. The van der Waals surface area contributed by atoms with Crippen molar-refractivity contribution in [1.29, 1.82) is 0 Å². The molecule has 1 aromatic heterocycles. The number of fused-ring (bicyclic) bond motifs is 1. The number of benzene rings is 2. The Morgan fingerprint density at radius 1 is 0.950 bits per heavy atom. The molecule has 1 atom stereocenters. The third-order valence-corrected chi connectivity index (χ3v) is 3.82. The highest BCUT2D eigenvalue weighted by Crippen LogP contribution is 2.27. The molecule has 0 spiro atoms. The summed E-state index contributed by atoms with van der Waals surface area (Å²) in [5, 5.41) is 1.13. The molecule has 20 heavy (non-hydrogen) atoms. The monoisotopic (exact) mass is 262 g/mol. The molecule has 0 aliphatic heterocycles.